The quantitative estimate of drug-likeness (QED) is 0.828. The number of H-pyrrole nitrogens is 1. The van der Waals surface area contributed by atoms with Crippen molar-refractivity contribution in [1.29, 1.82) is 0 Å². The van der Waals surface area contributed by atoms with E-state index in [4.69, 9.17) is 28.6 Å². The number of hydrogen-bond acceptors (Lipinski definition) is 2. The Morgan fingerprint density at radius 1 is 1.42 bits per heavy atom. The van der Waals surface area contributed by atoms with Crippen molar-refractivity contribution < 1.29 is 4.74 Å². The Kier molecular flexibility index (Phi) is 4.33. The van der Waals surface area contributed by atoms with Gasteiger partial charge >= 0.3 is 0 Å². The van der Waals surface area contributed by atoms with Gasteiger partial charge in [-0.15, -0.1) is 0 Å². The molecule has 0 radical (unpaired) electrons. The summed E-state index contributed by atoms with van der Waals surface area (Å²) in [6.07, 6.45) is 0.992. The van der Waals surface area contributed by atoms with E-state index < -0.39 is 0 Å². The Morgan fingerprint density at radius 3 is 2.84 bits per heavy atom. The van der Waals surface area contributed by atoms with Crippen LogP contribution in [-0.2, 0) is 11.3 Å². The fourth-order valence-electron chi connectivity index (χ4n) is 2.18. The zero-order valence-electron chi connectivity index (χ0n) is 11.5. The van der Waals surface area contributed by atoms with Gasteiger partial charge in [-0.3, -0.25) is 0 Å². The highest BCUT2D eigenvalue weighted by atomic mass is 35.5. The van der Waals surface area contributed by atoms with Crippen LogP contribution in [0.2, 0.25) is 5.02 Å². The zero-order valence-corrected chi connectivity index (χ0v) is 13.1. The standard InChI is InChI=1S/C14H19ClN2OS/c1-14(2,6-7-18-3)9-17-12-5-4-10(15)8-11(12)16-13(17)19/h4-5,8H,6-7,9H2,1-3H3,(H,16,19). The zero-order chi connectivity index (χ0) is 14.0. The van der Waals surface area contributed by atoms with Crippen LogP contribution in [-0.4, -0.2) is 23.3 Å². The third kappa shape index (κ3) is 3.38. The van der Waals surface area contributed by atoms with Gasteiger partial charge in [0.1, 0.15) is 0 Å². The first kappa shape index (κ1) is 14.6. The minimum absolute atomic E-state index is 0.128. The molecule has 0 fully saturated rings. The summed E-state index contributed by atoms with van der Waals surface area (Å²) in [6, 6.07) is 5.81. The molecule has 5 heteroatoms. The first-order valence-electron chi connectivity index (χ1n) is 6.30. The third-order valence-electron chi connectivity index (χ3n) is 3.31. The van der Waals surface area contributed by atoms with Gasteiger partial charge in [-0.25, -0.2) is 0 Å². The minimum Gasteiger partial charge on any atom is -0.385 e. The fourth-order valence-corrected chi connectivity index (χ4v) is 2.62. The van der Waals surface area contributed by atoms with Gasteiger partial charge in [0.05, 0.1) is 11.0 Å². The van der Waals surface area contributed by atoms with Crippen molar-refractivity contribution in [3.05, 3.63) is 28.0 Å². The summed E-state index contributed by atoms with van der Waals surface area (Å²) in [4.78, 5) is 3.21. The molecule has 0 aliphatic heterocycles. The number of halogens is 1. The maximum Gasteiger partial charge on any atom is 0.178 e. The highest BCUT2D eigenvalue weighted by molar-refractivity contribution is 7.71. The van der Waals surface area contributed by atoms with Gasteiger partial charge in [0.25, 0.3) is 0 Å². The SMILES string of the molecule is COCCC(C)(C)Cn1c(=S)[nH]c2cc(Cl)ccc21. The predicted molar refractivity (Wildman–Crippen MR) is 82.4 cm³/mol. The van der Waals surface area contributed by atoms with Crippen molar-refractivity contribution in [2.75, 3.05) is 13.7 Å². The van der Waals surface area contributed by atoms with Crippen LogP contribution in [0.4, 0.5) is 0 Å². The molecule has 1 aromatic carbocycles. The Hall–Kier alpha value is -0.840. The highest BCUT2D eigenvalue weighted by Gasteiger charge is 2.20. The van der Waals surface area contributed by atoms with Crippen molar-refractivity contribution in [1.82, 2.24) is 9.55 Å². The number of nitrogens with zero attached hydrogens (tertiary/aromatic N) is 1. The molecule has 2 rings (SSSR count). The Morgan fingerprint density at radius 2 is 2.16 bits per heavy atom. The van der Waals surface area contributed by atoms with Crippen molar-refractivity contribution in [2.24, 2.45) is 5.41 Å². The van der Waals surface area contributed by atoms with E-state index in [2.05, 4.69) is 23.4 Å². The monoisotopic (exact) mass is 298 g/mol. The topological polar surface area (TPSA) is 29.9 Å². The molecule has 3 nitrogen and oxygen atoms in total. The van der Waals surface area contributed by atoms with E-state index in [0.29, 0.717) is 0 Å². The lowest BCUT2D eigenvalue weighted by atomic mass is 9.89. The van der Waals surface area contributed by atoms with E-state index in [1.54, 1.807) is 7.11 Å². The second kappa shape index (κ2) is 5.65. The van der Waals surface area contributed by atoms with Crippen LogP contribution >= 0.6 is 23.8 Å². The van der Waals surface area contributed by atoms with E-state index in [-0.39, 0.29) is 5.41 Å². The number of ether oxygens (including phenoxy) is 1. The van der Waals surface area contributed by atoms with Gasteiger partial charge in [0.2, 0.25) is 0 Å². The number of aromatic nitrogens is 2. The van der Waals surface area contributed by atoms with E-state index in [9.17, 15) is 0 Å². The van der Waals surface area contributed by atoms with Crippen molar-refractivity contribution in [3.8, 4) is 0 Å². The molecule has 1 aromatic heterocycles. The summed E-state index contributed by atoms with van der Waals surface area (Å²) in [5, 5.41) is 0.717. The van der Waals surface area contributed by atoms with Crippen molar-refractivity contribution in [2.45, 2.75) is 26.8 Å². The Balaban J connectivity index is 2.35. The van der Waals surface area contributed by atoms with Gasteiger partial charge in [-0.05, 0) is 42.3 Å². The molecule has 0 saturated heterocycles. The summed E-state index contributed by atoms with van der Waals surface area (Å²) in [6.45, 7) is 6.07. The molecule has 0 spiro atoms. The first-order chi connectivity index (χ1) is 8.93. The number of aromatic amines is 1. The molecule has 2 aromatic rings. The second-order valence-electron chi connectivity index (χ2n) is 5.58. The lowest BCUT2D eigenvalue weighted by molar-refractivity contribution is 0.143. The van der Waals surface area contributed by atoms with Crippen LogP contribution in [0, 0.1) is 10.2 Å². The van der Waals surface area contributed by atoms with E-state index in [0.717, 1.165) is 40.4 Å². The average Bonchev–Trinajstić information content (AvgIpc) is 2.62. The maximum atomic E-state index is 6.00. The van der Waals surface area contributed by atoms with E-state index >= 15 is 0 Å². The Labute approximate surface area is 123 Å². The molecule has 0 bridgehead atoms. The molecule has 1 N–H and O–H groups in total. The molecule has 0 saturated carbocycles. The van der Waals surface area contributed by atoms with Gasteiger partial charge in [0.15, 0.2) is 4.77 Å². The van der Waals surface area contributed by atoms with E-state index in [1.807, 2.05) is 18.2 Å². The van der Waals surface area contributed by atoms with Gasteiger partial charge in [0, 0.05) is 25.3 Å². The van der Waals surface area contributed by atoms with Crippen molar-refractivity contribution >= 4 is 34.9 Å². The lowest BCUT2D eigenvalue weighted by Gasteiger charge is -2.25. The molecular weight excluding hydrogens is 280 g/mol. The first-order valence-corrected chi connectivity index (χ1v) is 7.08. The number of imidazole rings is 1. The number of fused-ring (bicyclic) bond motifs is 1. The Bertz CT molecular complexity index is 630. The third-order valence-corrected chi connectivity index (χ3v) is 3.86. The van der Waals surface area contributed by atoms with Crippen molar-refractivity contribution in [3.63, 3.8) is 0 Å². The smallest absolute Gasteiger partial charge is 0.178 e. The van der Waals surface area contributed by atoms with Gasteiger partial charge in [-0.2, -0.15) is 0 Å². The van der Waals surface area contributed by atoms with Gasteiger partial charge in [-0.1, -0.05) is 25.4 Å². The maximum absolute atomic E-state index is 6.00. The van der Waals surface area contributed by atoms with Crippen LogP contribution < -0.4 is 0 Å². The summed E-state index contributed by atoms with van der Waals surface area (Å²) in [7, 11) is 1.73. The average molecular weight is 299 g/mol. The highest BCUT2D eigenvalue weighted by Crippen LogP contribution is 2.26. The fraction of sp³-hybridized carbons (Fsp3) is 0.500. The van der Waals surface area contributed by atoms with Crippen LogP contribution in [0.15, 0.2) is 18.2 Å². The summed E-state index contributed by atoms with van der Waals surface area (Å²) < 4.78 is 8.04. The molecule has 1 heterocycles. The van der Waals surface area contributed by atoms with E-state index in [1.165, 1.54) is 0 Å². The number of hydrogen-bond donors (Lipinski definition) is 1. The van der Waals surface area contributed by atoms with Crippen LogP contribution in [0.25, 0.3) is 11.0 Å². The molecule has 0 aliphatic rings. The molecule has 0 unspecified atom stereocenters. The summed E-state index contributed by atoms with van der Waals surface area (Å²) in [5.74, 6) is 0. The van der Waals surface area contributed by atoms with Gasteiger partial charge < -0.3 is 14.3 Å². The largest absolute Gasteiger partial charge is 0.385 e. The number of rotatable bonds is 5. The lowest BCUT2D eigenvalue weighted by Crippen LogP contribution is -2.21. The normalized spacial score (nSPS) is 12.2. The predicted octanol–water partition coefficient (Wildman–Crippen LogP) is 4.41. The molecule has 19 heavy (non-hydrogen) atoms. The molecule has 0 atom stereocenters. The number of nitrogens with one attached hydrogen (secondary N) is 1. The molecular formula is C14H19ClN2OS. The second-order valence-corrected chi connectivity index (χ2v) is 6.41. The summed E-state index contributed by atoms with van der Waals surface area (Å²) >= 11 is 11.4. The molecule has 0 aliphatic carbocycles. The minimum atomic E-state index is 0.128. The molecule has 104 valence electrons. The summed E-state index contributed by atoms with van der Waals surface area (Å²) in [5.41, 5.74) is 2.21. The van der Waals surface area contributed by atoms with Crippen LogP contribution in [0.3, 0.4) is 0 Å². The number of methoxy groups -OCH3 is 1. The van der Waals surface area contributed by atoms with Crippen LogP contribution in [0.5, 0.6) is 0 Å². The number of benzene rings is 1. The molecule has 0 amide bonds. The van der Waals surface area contributed by atoms with Crippen LogP contribution in [0.1, 0.15) is 20.3 Å².